The maximum Gasteiger partial charge on any atom is 0.322 e. The van der Waals surface area contributed by atoms with Crippen LogP contribution in [0.1, 0.15) is 20.8 Å². The number of hydrogen-bond acceptors (Lipinski definition) is 4. The Morgan fingerprint density at radius 1 is 1.08 bits per heavy atom. The molecule has 7 nitrogen and oxygen atoms in total. The standard InChI is InChI=1S/C17H26N4O3S/c1-17(2,3)20-16(24)19-15(23)11-21(4)10-14(22)18-12-8-6-7-9-13(12)25-5/h6-9H,10-11H2,1-5H3,(H,18,22)(H2,19,20,23,24)/p+1. The molecule has 0 radical (unpaired) electrons. The average molecular weight is 367 g/mol. The van der Waals surface area contributed by atoms with Crippen LogP contribution in [0, 0.1) is 0 Å². The fourth-order valence-corrected chi connectivity index (χ4v) is 2.65. The molecule has 0 saturated carbocycles. The zero-order valence-electron chi connectivity index (χ0n) is 15.4. The third kappa shape index (κ3) is 8.55. The third-order valence-corrected chi connectivity index (χ3v) is 3.84. The molecule has 1 aromatic rings. The largest absolute Gasteiger partial charge is 0.333 e. The molecule has 0 aliphatic rings. The Morgan fingerprint density at radius 2 is 1.68 bits per heavy atom. The summed E-state index contributed by atoms with van der Waals surface area (Å²) in [7, 11) is 1.72. The number of quaternary nitrogens is 1. The van der Waals surface area contributed by atoms with Gasteiger partial charge in [-0.3, -0.25) is 14.9 Å². The minimum Gasteiger partial charge on any atom is -0.333 e. The zero-order chi connectivity index (χ0) is 19.0. The summed E-state index contributed by atoms with van der Waals surface area (Å²) in [6.45, 7) is 5.62. The summed E-state index contributed by atoms with van der Waals surface area (Å²) in [5, 5.41) is 7.76. The van der Waals surface area contributed by atoms with Gasteiger partial charge < -0.3 is 15.5 Å². The molecule has 138 valence electrons. The van der Waals surface area contributed by atoms with E-state index in [4.69, 9.17) is 0 Å². The second kappa shape index (κ2) is 9.43. The Morgan fingerprint density at radius 3 is 2.28 bits per heavy atom. The van der Waals surface area contributed by atoms with Crippen LogP contribution in [0.3, 0.4) is 0 Å². The normalized spacial score (nSPS) is 12.2. The number of imide groups is 1. The molecule has 1 aromatic carbocycles. The van der Waals surface area contributed by atoms with Gasteiger partial charge in [0, 0.05) is 10.4 Å². The lowest BCUT2D eigenvalue weighted by Crippen LogP contribution is -3.11. The van der Waals surface area contributed by atoms with Gasteiger partial charge >= 0.3 is 6.03 Å². The second-order valence-corrected chi connectivity index (χ2v) is 7.66. The number of carbonyl (C=O) groups is 3. The summed E-state index contributed by atoms with van der Waals surface area (Å²) in [6, 6.07) is 6.99. The first-order chi connectivity index (χ1) is 11.6. The summed E-state index contributed by atoms with van der Waals surface area (Å²) in [5.74, 6) is -0.623. The van der Waals surface area contributed by atoms with Crippen molar-refractivity contribution in [3.05, 3.63) is 24.3 Å². The lowest BCUT2D eigenvalue weighted by molar-refractivity contribution is -0.862. The molecule has 0 saturated heterocycles. The highest BCUT2D eigenvalue weighted by Crippen LogP contribution is 2.24. The van der Waals surface area contributed by atoms with Gasteiger partial charge in [0.1, 0.15) is 0 Å². The van der Waals surface area contributed by atoms with Gasteiger partial charge in [0.15, 0.2) is 13.1 Å². The van der Waals surface area contributed by atoms with E-state index in [1.807, 2.05) is 51.3 Å². The van der Waals surface area contributed by atoms with Crippen molar-refractivity contribution in [3.63, 3.8) is 0 Å². The monoisotopic (exact) mass is 367 g/mol. The van der Waals surface area contributed by atoms with Crippen molar-refractivity contribution < 1.29 is 19.3 Å². The highest BCUT2D eigenvalue weighted by atomic mass is 32.2. The lowest BCUT2D eigenvalue weighted by Gasteiger charge is -2.20. The van der Waals surface area contributed by atoms with E-state index in [1.165, 1.54) is 0 Å². The molecule has 0 spiro atoms. The van der Waals surface area contributed by atoms with Crippen LogP contribution < -0.4 is 20.9 Å². The summed E-state index contributed by atoms with van der Waals surface area (Å²) < 4.78 is 0. The summed E-state index contributed by atoms with van der Waals surface area (Å²) in [4.78, 5) is 37.3. The van der Waals surface area contributed by atoms with Gasteiger partial charge in [-0.15, -0.1) is 11.8 Å². The lowest BCUT2D eigenvalue weighted by atomic mass is 10.1. The molecule has 1 unspecified atom stereocenters. The van der Waals surface area contributed by atoms with E-state index in [0.29, 0.717) is 4.90 Å². The van der Waals surface area contributed by atoms with E-state index >= 15 is 0 Å². The van der Waals surface area contributed by atoms with Crippen molar-refractivity contribution in [2.45, 2.75) is 31.2 Å². The Balaban J connectivity index is 2.45. The van der Waals surface area contributed by atoms with Crippen LogP contribution in [0.4, 0.5) is 10.5 Å². The first-order valence-electron chi connectivity index (χ1n) is 7.97. The number of hydrogen-bond donors (Lipinski definition) is 4. The molecule has 4 amide bonds. The van der Waals surface area contributed by atoms with E-state index in [1.54, 1.807) is 18.8 Å². The SMILES string of the molecule is CSc1ccccc1NC(=O)C[NH+](C)CC(=O)NC(=O)NC(C)(C)C. The quantitative estimate of drug-likeness (QED) is 0.551. The van der Waals surface area contributed by atoms with Crippen LogP contribution in [-0.2, 0) is 9.59 Å². The van der Waals surface area contributed by atoms with E-state index in [2.05, 4.69) is 16.0 Å². The van der Waals surface area contributed by atoms with Crippen molar-refractivity contribution >= 4 is 35.3 Å². The number of rotatable bonds is 6. The van der Waals surface area contributed by atoms with E-state index in [9.17, 15) is 14.4 Å². The molecule has 0 bridgehead atoms. The minimum absolute atomic E-state index is 0.0230. The molecule has 0 heterocycles. The molecular formula is C17H27N4O3S+. The van der Waals surface area contributed by atoms with Crippen molar-refractivity contribution in [2.24, 2.45) is 0 Å². The number of nitrogens with one attached hydrogen (secondary N) is 4. The van der Waals surface area contributed by atoms with Gasteiger partial charge in [0.2, 0.25) is 0 Å². The van der Waals surface area contributed by atoms with E-state index in [-0.39, 0.29) is 19.0 Å². The number of thioether (sulfide) groups is 1. The van der Waals surface area contributed by atoms with Crippen LogP contribution in [0.5, 0.6) is 0 Å². The highest BCUT2D eigenvalue weighted by Gasteiger charge is 2.19. The first-order valence-corrected chi connectivity index (χ1v) is 9.19. The molecule has 4 N–H and O–H groups in total. The van der Waals surface area contributed by atoms with E-state index in [0.717, 1.165) is 10.6 Å². The predicted molar refractivity (Wildman–Crippen MR) is 99.9 cm³/mol. The van der Waals surface area contributed by atoms with Crippen LogP contribution in [0.2, 0.25) is 0 Å². The molecular weight excluding hydrogens is 340 g/mol. The number of urea groups is 1. The minimum atomic E-state index is -0.538. The molecule has 1 rings (SSSR count). The van der Waals surface area contributed by atoms with Gasteiger partial charge in [0.25, 0.3) is 11.8 Å². The highest BCUT2D eigenvalue weighted by molar-refractivity contribution is 7.98. The molecule has 0 aliphatic carbocycles. The van der Waals surface area contributed by atoms with Crippen molar-refractivity contribution in [1.29, 1.82) is 0 Å². The number of benzene rings is 1. The summed E-state index contributed by atoms with van der Waals surface area (Å²) >= 11 is 1.55. The van der Waals surface area contributed by atoms with Gasteiger partial charge in [-0.05, 0) is 39.2 Å². The molecule has 0 aromatic heterocycles. The third-order valence-electron chi connectivity index (χ3n) is 3.05. The van der Waals surface area contributed by atoms with Gasteiger partial charge in [-0.25, -0.2) is 4.79 Å². The maximum absolute atomic E-state index is 12.1. The number of carbonyl (C=O) groups excluding carboxylic acids is 3. The van der Waals surface area contributed by atoms with E-state index < -0.39 is 17.5 Å². The molecule has 1 atom stereocenters. The molecule has 25 heavy (non-hydrogen) atoms. The number of anilines is 1. The summed E-state index contributed by atoms with van der Waals surface area (Å²) in [6.07, 6.45) is 1.94. The smallest absolute Gasteiger partial charge is 0.322 e. The second-order valence-electron chi connectivity index (χ2n) is 6.81. The van der Waals surface area contributed by atoms with Gasteiger partial charge in [0.05, 0.1) is 12.7 Å². The predicted octanol–water partition coefficient (Wildman–Crippen LogP) is 0.486. The number of likely N-dealkylation sites (N-methyl/N-ethyl adjacent to an activating group) is 1. The molecule has 0 fully saturated rings. The summed E-state index contributed by atoms with van der Waals surface area (Å²) in [5.41, 5.74) is 0.329. The molecule has 8 heteroatoms. The Kier molecular flexibility index (Phi) is 7.92. The van der Waals surface area contributed by atoms with Gasteiger partial charge in [-0.2, -0.15) is 0 Å². The Hall–Kier alpha value is -2.06. The topological polar surface area (TPSA) is 91.7 Å². The Labute approximate surface area is 152 Å². The van der Waals surface area contributed by atoms with Crippen molar-refractivity contribution in [2.75, 3.05) is 31.7 Å². The molecule has 0 aliphatic heterocycles. The van der Waals surface area contributed by atoms with Crippen LogP contribution in [0.15, 0.2) is 29.2 Å². The van der Waals surface area contributed by atoms with Crippen LogP contribution in [0.25, 0.3) is 0 Å². The first kappa shape index (κ1) is 21.0. The fourth-order valence-electron chi connectivity index (χ4n) is 2.10. The average Bonchev–Trinajstić information content (AvgIpc) is 2.44. The fraction of sp³-hybridized carbons (Fsp3) is 0.471. The van der Waals surface area contributed by atoms with Crippen molar-refractivity contribution in [3.8, 4) is 0 Å². The van der Waals surface area contributed by atoms with Gasteiger partial charge in [-0.1, -0.05) is 12.1 Å². The maximum atomic E-state index is 12.1. The Bertz CT molecular complexity index is 629. The van der Waals surface area contributed by atoms with Crippen molar-refractivity contribution in [1.82, 2.24) is 10.6 Å². The zero-order valence-corrected chi connectivity index (χ0v) is 16.2. The van der Waals surface area contributed by atoms with Crippen LogP contribution >= 0.6 is 11.8 Å². The number of amides is 4. The number of para-hydroxylation sites is 1. The van der Waals surface area contributed by atoms with Crippen LogP contribution in [-0.4, -0.2) is 49.8 Å².